The predicted molar refractivity (Wildman–Crippen MR) is 123 cm³/mol. The summed E-state index contributed by atoms with van der Waals surface area (Å²) in [5.74, 6) is 0.285. The molecule has 1 aliphatic rings. The first-order valence-corrected chi connectivity index (χ1v) is 11.9. The Kier molecular flexibility index (Phi) is 6.17. The number of halogens is 1. The number of hydrogen-bond acceptors (Lipinski definition) is 4. The number of methoxy groups -OCH3 is 1. The van der Waals surface area contributed by atoms with Crippen molar-refractivity contribution in [2.75, 3.05) is 13.7 Å². The standard InChI is InChI=1S/C24H26FN3O3S/c1-17-15-27(16-26-17)23-11-6-19(14-24(23)31-3)13-22-5-4-12-28(32(22,29)30)18(2)20-7-9-21(25)10-8-20/h6-11,13-16,18H,4-5,12H2,1-3H3/t18-/m0/s1. The van der Waals surface area contributed by atoms with Crippen molar-refractivity contribution in [2.24, 2.45) is 0 Å². The van der Waals surface area contributed by atoms with Crippen LogP contribution in [0.2, 0.25) is 0 Å². The third-order valence-electron chi connectivity index (χ3n) is 5.75. The van der Waals surface area contributed by atoms with Crippen LogP contribution in [-0.4, -0.2) is 35.9 Å². The van der Waals surface area contributed by atoms with Gasteiger partial charge in [0.25, 0.3) is 0 Å². The molecule has 0 unspecified atom stereocenters. The summed E-state index contributed by atoms with van der Waals surface area (Å²) in [6.07, 6.45) is 6.52. The van der Waals surface area contributed by atoms with Gasteiger partial charge in [-0.2, -0.15) is 4.31 Å². The Balaban J connectivity index is 1.65. The lowest BCUT2D eigenvalue weighted by molar-refractivity contribution is 0.330. The van der Waals surface area contributed by atoms with Gasteiger partial charge in [-0.25, -0.2) is 17.8 Å². The number of imidazole rings is 1. The Bertz CT molecular complexity index is 1250. The molecule has 0 saturated carbocycles. The molecule has 2 aromatic carbocycles. The average Bonchev–Trinajstić information content (AvgIpc) is 3.21. The SMILES string of the molecule is COc1cc(C=C2CCCN([C@@H](C)c3ccc(F)cc3)S2(=O)=O)ccc1-n1cnc(C)c1. The summed E-state index contributed by atoms with van der Waals surface area (Å²) in [6.45, 7) is 4.17. The van der Waals surface area contributed by atoms with Gasteiger partial charge in [-0.3, -0.25) is 0 Å². The molecule has 1 aromatic heterocycles. The fourth-order valence-electron chi connectivity index (χ4n) is 4.00. The molecule has 0 aliphatic carbocycles. The molecule has 0 N–H and O–H groups in total. The van der Waals surface area contributed by atoms with Gasteiger partial charge in [0.15, 0.2) is 0 Å². The fourth-order valence-corrected chi connectivity index (χ4v) is 5.90. The molecule has 0 spiro atoms. The van der Waals surface area contributed by atoms with Crippen molar-refractivity contribution in [1.29, 1.82) is 0 Å². The molecule has 0 amide bonds. The van der Waals surface area contributed by atoms with Gasteiger partial charge in [-0.15, -0.1) is 0 Å². The molecular weight excluding hydrogens is 429 g/mol. The Morgan fingerprint density at radius 1 is 1.19 bits per heavy atom. The van der Waals surface area contributed by atoms with E-state index in [-0.39, 0.29) is 11.9 Å². The normalized spacial score (nSPS) is 18.6. The smallest absolute Gasteiger partial charge is 0.239 e. The highest BCUT2D eigenvalue weighted by Gasteiger charge is 2.34. The van der Waals surface area contributed by atoms with E-state index in [2.05, 4.69) is 4.98 Å². The molecule has 4 rings (SSSR count). The lowest BCUT2D eigenvalue weighted by atomic mass is 10.1. The maximum absolute atomic E-state index is 13.4. The van der Waals surface area contributed by atoms with E-state index in [4.69, 9.17) is 4.74 Å². The lowest BCUT2D eigenvalue weighted by Gasteiger charge is -2.33. The van der Waals surface area contributed by atoms with Crippen LogP contribution in [0, 0.1) is 12.7 Å². The number of hydrogen-bond donors (Lipinski definition) is 0. The minimum absolute atomic E-state index is 0.341. The van der Waals surface area contributed by atoms with E-state index in [0.717, 1.165) is 28.9 Å². The molecule has 1 saturated heterocycles. The molecular formula is C24H26FN3O3S. The highest BCUT2D eigenvalue weighted by atomic mass is 32.2. The zero-order valence-corrected chi connectivity index (χ0v) is 19.1. The Hall–Kier alpha value is -2.97. The number of sulfonamides is 1. The molecule has 0 bridgehead atoms. The summed E-state index contributed by atoms with van der Waals surface area (Å²) < 4.78 is 49.0. The van der Waals surface area contributed by atoms with E-state index in [9.17, 15) is 12.8 Å². The van der Waals surface area contributed by atoms with Crippen LogP contribution in [-0.2, 0) is 10.0 Å². The van der Waals surface area contributed by atoms with Gasteiger partial charge in [0.2, 0.25) is 10.0 Å². The van der Waals surface area contributed by atoms with E-state index in [1.54, 1.807) is 31.6 Å². The molecule has 6 nitrogen and oxygen atoms in total. The fraction of sp³-hybridized carbons (Fsp3) is 0.292. The number of aryl methyl sites for hydroxylation is 1. The van der Waals surface area contributed by atoms with Gasteiger partial charge in [0.05, 0.1) is 29.7 Å². The first kappa shape index (κ1) is 22.2. The van der Waals surface area contributed by atoms with Crippen LogP contribution in [0.1, 0.15) is 42.6 Å². The maximum atomic E-state index is 13.4. The van der Waals surface area contributed by atoms with E-state index < -0.39 is 10.0 Å². The third-order valence-corrected chi connectivity index (χ3v) is 7.85. The lowest BCUT2D eigenvalue weighted by Crippen LogP contribution is -2.38. The van der Waals surface area contributed by atoms with Crippen LogP contribution in [0.25, 0.3) is 11.8 Å². The quantitative estimate of drug-likeness (QED) is 0.551. The number of ether oxygens (including phenoxy) is 1. The number of allylic oxidation sites excluding steroid dienone is 1. The number of benzene rings is 2. The van der Waals surface area contributed by atoms with Crippen LogP contribution in [0.4, 0.5) is 4.39 Å². The summed E-state index contributed by atoms with van der Waals surface area (Å²) >= 11 is 0. The van der Waals surface area contributed by atoms with Crippen LogP contribution in [0.3, 0.4) is 0 Å². The Labute approximate surface area is 188 Å². The van der Waals surface area contributed by atoms with Gasteiger partial charge >= 0.3 is 0 Å². The van der Waals surface area contributed by atoms with Gasteiger partial charge in [-0.05, 0) is 68.2 Å². The van der Waals surface area contributed by atoms with Gasteiger partial charge in [0.1, 0.15) is 11.6 Å². The van der Waals surface area contributed by atoms with E-state index in [0.29, 0.717) is 23.6 Å². The van der Waals surface area contributed by atoms with Crippen LogP contribution < -0.4 is 4.74 Å². The van der Waals surface area contributed by atoms with E-state index in [1.807, 2.05) is 42.8 Å². The van der Waals surface area contributed by atoms with Crippen LogP contribution >= 0.6 is 0 Å². The molecule has 1 aliphatic heterocycles. The minimum Gasteiger partial charge on any atom is -0.495 e. The summed E-state index contributed by atoms with van der Waals surface area (Å²) in [5, 5.41) is 0. The van der Waals surface area contributed by atoms with Crippen molar-refractivity contribution in [3.8, 4) is 11.4 Å². The highest BCUT2D eigenvalue weighted by Crippen LogP contribution is 2.35. The van der Waals surface area contributed by atoms with E-state index >= 15 is 0 Å². The van der Waals surface area contributed by atoms with E-state index in [1.165, 1.54) is 16.4 Å². The van der Waals surface area contributed by atoms with Crippen LogP contribution in [0.15, 0.2) is 59.9 Å². The first-order valence-electron chi connectivity index (χ1n) is 10.5. The van der Waals surface area contributed by atoms with Crippen molar-refractivity contribution < 1.29 is 17.5 Å². The second-order valence-electron chi connectivity index (χ2n) is 7.91. The molecule has 0 radical (unpaired) electrons. The molecule has 1 fully saturated rings. The second-order valence-corrected chi connectivity index (χ2v) is 9.85. The molecule has 2 heterocycles. The largest absolute Gasteiger partial charge is 0.495 e. The Morgan fingerprint density at radius 3 is 2.59 bits per heavy atom. The average molecular weight is 456 g/mol. The third kappa shape index (κ3) is 4.33. The number of nitrogens with zero attached hydrogens (tertiary/aromatic N) is 3. The number of aromatic nitrogens is 2. The highest BCUT2D eigenvalue weighted by molar-refractivity contribution is 7.93. The molecule has 168 valence electrons. The topological polar surface area (TPSA) is 64.4 Å². The predicted octanol–water partition coefficient (Wildman–Crippen LogP) is 4.86. The van der Waals surface area contributed by atoms with Crippen molar-refractivity contribution in [1.82, 2.24) is 13.9 Å². The van der Waals surface area contributed by atoms with Crippen LogP contribution in [0.5, 0.6) is 5.75 Å². The van der Waals surface area contributed by atoms with Gasteiger partial charge in [0, 0.05) is 18.8 Å². The zero-order valence-electron chi connectivity index (χ0n) is 18.3. The zero-order chi connectivity index (χ0) is 22.9. The summed E-state index contributed by atoms with van der Waals surface area (Å²) in [6, 6.07) is 11.2. The van der Waals surface area contributed by atoms with Gasteiger partial charge in [-0.1, -0.05) is 18.2 Å². The maximum Gasteiger partial charge on any atom is 0.239 e. The summed E-state index contributed by atoms with van der Waals surface area (Å²) in [7, 11) is -2.07. The molecule has 8 heteroatoms. The minimum atomic E-state index is -3.65. The van der Waals surface area contributed by atoms with Crippen molar-refractivity contribution >= 4 is 16.1 Å². The van der Waals surface area contributed by atoms with Crippen molar-refractivity contribution in [3.05, 3.63) is 82.5 Å². The Morgan fingerprint density at radius 2 is 1.94 bits per heavy atom. The summed E-state index contributed by atoms with van der Waals surface area (Å²) in [5.41, 5.74) is 3.23. The van der Waals surface area contributed by atoms with Crippen molar-refractivity contribution in [2.45, 2.75) is 32.7 Å². The van der Waals surface area contributed by atoms with Crippen molar-refractivity contribution in [3.63, 3.8) is 0 Å². The first-order chi connectivity index (χ1) is 15.3. The number of rotatable bonds is 5. The summed E-state index contributed by atoms with van der Waals surface area (Å²) in [4.78, 5) is 4.61. The second kappa shape index (κ2) is 8.88. The monoisotopic (exact) mass is 455 g/mol. The molecule has 3 aromatic rings. The van der Waals surface area contributed by atoms with Gasteiger partial charge < -0.3 is 9.30 Å². The molecule has 1 atom stereocenters. The molecule has 32 heavy (non-hydrogen) atoms.